The van der Waals surface area contributed by atoms with E-state index in [0.717, 1.165) is 5.56 Å². The maximum Gasteiger partial charge on any atom is 0.317 e. The third-order valence-electron chi connectivity index (χ3n) is 4.08. The Labute approximate surface area is 117 Å². The van der Waals surface area contributed by atoms with Crippen molar-refractivity contribution in [3.05, 3.63) is 42.0 Å². The fraction of sp³-hybridized carbons (Fsp3) is 0.333. The van der Waals surface area contributed by atoms with Crippen LogP contribution in [0.15, 0.2) is 36.4 Å². The highest BCUT2D eigenvalue weighted by atomic mass is 16.2. The summed E-state index contributed by atoms with van der Waals surface area (Å²) in [6.45, 7) is 1.81. The van der Waals surface area contributed by atoms with E-state index < -0.39 is 0 Å². The van der Waals surface area contributed by atoms with Crippen LogP contribution in [0.5, 0.6) is 0 Å². The van der Waals surface area contributed by atoms with Gasteiger partial charge in [0.2, 0.25) is 5.91 Å². The van der Waals surface area contributed by atoms with Crippen molar-refractivity contribution in [2.24, 2.45) is 0 Å². The van der Waals surface area contributed by atoms with Crippen LogP contribution in [0.4, 0.5) is 4.79 Å². The lowest BCUT2D eigenvalue weighted by molar-refractivity contribution is -0.136. The monoisotopic (exact) mass is 271 g/mol. The van der Waals surface area contributed by atoms with Crippen LogP contribution in [-0.2, 0) is 4.79 Å². The molecule has 5 heteroatoms. The molecule has 5 nitrogen and oxygen atoms in total. The number of likely N-dealkylation sites (tertiary alicyclic amines) is 1. The van der Waals surface area contributed by atoms with E-state index in [1.165, 1.54) is 0 Å². The smallest absolute Gasteiger partial charge is 0.317 e. The Morgan fingerprint density at radius 3 is 2.60 bits per heavy atom. The summed E-state index contributed by atoms with van der Waals surface area (Å²) in [6.07, 6.45) is 3.40. The molecule has 2 aliphatic heterocycles. The van der Waals surface area contributed by atoms with Gasteiger partial charge in [-0.05, 0) is 11.6 Å². The lowest BCUT2D eigenvalue weighted by Gasteiger charge is -2.50. The van der Waals surface area contributed by atoms with Gasteiger partial charge in [-0.1, -0.05) is 30.3 Å². The molecule has 0 bridgehead atoms. The number of urea groups is 1. The molecule has 0 aromatic heterocycles. The standard InChI is InChI=1S/C15H17N3O2/c1-17-14(20)16-9-15(17)10-18(11-15)13(19)8-7-12-5-3-2-4-6-12/h2-8H,9-11H2,1H3,(H,16,20)/b8-7+. The highest BCUT2D eigenvalue weighted by Crippen LogP contribution is 2.30. The van der Waals surface area contributed by atoms with Crippen molar-refractivity contribution in [2.45, 2.75) is 5.54 Å². The zero-order valence-corrected chi connectivity index (χ0v) is 11.4. The van der Waals surface area contributed by atoms with Crippen LogP contribution in [0.2, 0.25) is 0 Å². The summed E-state index contributed by atoms with van der Waals surface area (Å²) in [5.41, 5.74) is 0.804. The van der Waals surface area contributed by atoms with Crippen LogP contribution in [-0.4, -0.2) is 54.0 Å². The van der Waals surface area contributed by atoms with Crippen LogP contribution in [0.25, 0.3) is 6.08 Å². The van der Waals surface area contributed by atoms with Crippen LogP contribution < -0.4 is 5.32 Å². The van der Waals surface area contributed by atoms with Crippen molar-refractivity contribution < 1.29 is 9.59 Å². The summed E-state index contributed by atoms with van der Waals surface area (Å²) in [5, 5.41) is 2.81. The summed E-state index contributed by atoms with van der Waals surface area (Å²) >= 11 is 0. The average molecular weight is 271 g/mol. The molecule has 1 aromatic rings. The molecule has 0 saturated carbocycles. The van der Waals surface area contributed by atoms with Crippen molar-refractivity contribution in [2.75, 3.05) is 26.7 Å². The van der Waals surface area contributed by atoms with Crippen LogP contribution in [0.3, 0.4) is 0 Å². The summed E-state index contributed by atoms with van der Waals surface area (Å²) in [5.74, 6) is -0.00720. The number of carbonyl (C=O) groups excluding carboxylic acids is 2. The summed E-state index contributed by atoms with van der Waals surface area (Å²) in [7, 11) is 1.78. The van der Waals surface area contributed by atoms with Gasteiger partial charge in [0.25, 0.3) is 0 Å². The molecule has 0 unspecified atom stereocenters. The Balaban J connectivity index is 1.59. The van der Waals surface area contributed by atoms with E-state index >= 15 is 0 Å². The fourth-order valence-electron chi connectivity index (χ4n) is 2.67. The molecule has 0 atom stereocenters. The van der Waals surface area contributed by atoms with E-state index in [1.54, 1.807) is 22.9 Å². The number of nitrogens with zero attached hydrogens (tertiary/aromatic N) is 2. The largest absolute Gasteiger partial charge is 0.335 e. The second-order valence-corrected chi connectivity index (χ2v) is 5.38. The Bertz CT molecular complexity index is 562. The summed E-state index contributed by atoms with van der Waals surface area (Å²) in [4.78, 5) is 27.0. The van der Waals surface area contributed by atoms with E-state index in [9.17, 15) is 9.59 Å². The third kappa shape index (κ3) is 2.05. The molecular weight excluding hydrogens is 254 g/mol. The maximum atomic E-state index is 12.0. The third-order valence-corrected chi connectivity index (χ3v) is 4.08. The summed E-state index contributed by atoms with van der Waals surface area (Å²) < 4.78 is 0. The minimum Gasteiger partial charge on any atom is -0.335 e. The number of rotatable bonds is 2. The van der Waals surface area contributed by atoms with Gasteiger partial charge in [-0.3, -0.25) is 4.79 Å². The second kappa shape index (κ2) is 4.67. The normalized spacial score (nSPS) is 20.4. The molecule has 3 amide bonds. The van der Waals surface area contributed by atoms with Crippen LogP contribution >= 0.6 is 0 Å². The van der Waals surface area contributed by atoms with Gasteiger partial charge in [0.1, 0.15) is 0 Å². The first kappa shape index (κ1) is 12.7. The zero-order chi connectivity index (χ0) is 14.2. The van der Waals surface area contributed by atoms with Crippen molar-refractivity contribution in [3.63, 3.8) is 0 Å². The highest BCUT2D eigenvalue weighted by Gasteiger charge is 2.53. The van der Waals surface area contributed by atoms with Gasteiger partial charge in [-0.2, -0.15) is 0 Å². The first-order chi connectivity index (χ1) is 9.61. The SMILES string of the molecule is CN1C(=O)NCC12CN(C(=O)/C=C/c1ccccc1)C2. The maximum absolute atomic E-state index is 12.0. The number of carbonyl (C=O) groups is 2. The topological polar surface area (TPSA) is 52.7 Å². The molecule has 2 saturated heterocycles. The first-order valence-electron chi connectivity index (χ1n) is 6.64. The van der Waals surface area contributed by atoms with Gasteiger partial charge in [-0.25, -0.2) is 4.79 Å². The minimum absolute atomic E-state index is 0.00720. The molecule has 104 valence electrons. The lowest BCUT2D eigenvalue weighted by atomic mass is 9.89. The lowest BCUT2D eigenvalue weighted by Crippen LogP contribution is -2.69. The molecule has 0 aliphatic carbocycles. The quantitative estimate of drug-likeness (QED) is 0.814. The first-order valence-corrected chi connectivity index (χ1v) is 6.64. The van der Waals surface area contributed by atoms with Gasteiger partial charge in [-0.15, -0.1) is 0 Å². The Morgan fingerprint density at radius 2 is 2.00 bits per heavy atom. The molecule has 3 rings (SSSR count). The van der Waals surface area contributed by atoms with Crippen LogP contribution in [0, 0.1) is 0 Å². The van der Waals surface area contributed by atoms with E-state index in [4.69, 9.17) is 0 Å². The van der Waals surface area contributed by atoms with Crippen molar-refractivity contribution in [1.82, 2.24) is 15.1 Å². The molecular formula is C15H17N3O2. The molecule has 1 N–H and O–H groups in total. The minimum atomic E-state index is -0.201. The van der Waals surface area contributed by atoms with E-state index in [1.807, 2.05) is 36.4 Å². The Morgan fingerprint density at radius 1 is 1.30 bits per heavy atom. The van der Waals surface area contributed by atoms with Crippen LogP contribution in [0.1, 0.15) is 5.56 Å². The molecule has 0 radical (unpaired) electrons. The number of hydrogen-bond donors (Lipinski definition) is 1. The number of likely N-dealkylation sites (N-methyl/N-ethyl adjacent to an activating group) is 1. The Hall–Kier alpha value is -2.30. The Kier molecular flexibility index (Phi) is 2.97. The van der Waals surface area contributed by atoms with Gasteiger partial charge >= 0.3 is 6.03 Å². The molecule has 2 fully saturated rings. The predicted molar refractivity (Wildman–Crippen MR) is 75.9 cm³/mol. The molecule has 20 heavy (non-hydrogen) atoms. The van der Waals surface area contributed by atoms with Crippen molar-refractivity contribution in [1.29, 1.82) is 0 Å². The molecule has 2 heterocycles. The number of nitrogens with one attached hydrogen (secondary N) is 1. The van der Waals surface area contributed by atoms with Gasteiger partial charge in [0, 0.05) is 32.8 Å². The van der Waals surface area contributed by atoms with Gasteiger partial charge < -0.3 is 15.1 Å². The molecule has 2 aliphatic rings. The van der Waals surface area contributed by atoms with Crippen molar-refractivity contribution >= 4 is 18.0 Å². The van der Waals surface area contributed by atoms with Gasteiger partial charge in [0.05, 0.1) is 5.54 Å². The highest BCUT2D eigenvalue weighted by molar-refractivity contribution is 5.93. The molecule has 1 spiro atoms. The number of benzene rings is 1. The van der Waals surface area contributed by atoms with Crippen molar-refractivity contribution in [3.8, 4) is 0 Å². The number of hydrogen-bond acceptors (Lipinski definition) is 2. The fourth-order valence-corrected chi connectivity index (χ4v) is 2.67. The number of amides is 3. The average Bonchev–Trinajstić information content (AvgIpc) is 2.72. The van der Waals surface area contributed by atoms with Gasteiger partial charge in [0.15, 0.2) is 0 Å². The molecule has 1 aromatic carbocycles. The zero-order valence-electron chi connectivity index (χ0n) is 11.4. The summed E-state index contributed by atoms with van der Waals surface area (Å²) in [6, 6.07) is 9.67. The predicted octanol–water partition coefficient (Wildman–Crippen LogP) is 0.936. The second-order valence-electron chi connectivity index (χ2n) is 5.38. The van der Waals surface area contributed by atoms with E-state index in [2.05, 4.69) is 5.32 Å². The van der Waals surface area contributed by atoms with E-state index in [0.29, 0.717) is 19.6 Å². The van der Waals surface area contributed by atoms with E-state index in [-0.39, 0.29) is 17.5 Å².